The van der Waals surface area contributed by atoms with Crippen molar-refractivity contribution in [1.82, 2.24) is 0 Å². The van der Waals surface area contributed by atoms with E-state index >= 15 is 0 Å². The zero-order valence-corrected chi connectivity index (χ0v) is 16.6. The van der Waals surface area contributed by atoms with E-state index in [1.54, 1.807) is 0 Å². The van der Waals surface area contributed by atoms with Crippen molar-refractivity contribution >= 4 is 0 Å². The van der Waals surface area contributed by atoms with Crippen LogP contribution in [-0.4, -0.2) is 5.60 Å². The van der Waals surface area contributed by atoms with E-state index in [0.29, 0.717) is 6.61 Å². The summed E-state index contributed by atoms with van der Waals surface area (Å²) in [5, 5.41) is 0. The van der Waals surface area contributed by atoms with Gasteiger partial charge in [0.1, 0.15) is 23.7 Å². The molecule has 0 saturated carbocycles. The highest BCUT2D eigenvalue weighted by atomic mass is 16.5. The molecule has 2 nitrogen and oxygen atoms in total. The quantitative estimate of drug-likeness (QED) is 0.549. The predicted molar refractivity (Wildman–Crippen MR) is 113 cm³/mol. The predicted octanol–water partition coefficient (Wildman–Crippen LogP) is 6.13. The van der Waals surface area contributed by atoms with Gasteiger partial charge >= 0.3 is 0 Å². The summed E-state index contributed by atoms with van der Waals surface area (Å²) < 4.78 is 12.5. The van der Waals surface area contributed by atoms with Crippen LogP contribution in [0.1, 0.15) is 42.5 Å². The molecule has 0 radical (unpaired) electrons. The van der Waals surface area contributed by atoms with E-state index in [1.165, 1.54) is 47.1 Å². The highest BCUT2D eigenvalue weighted by Crippen LogP contribution is 2.41. The first-order chi connectivity index (χ1) is 13.6. The number of aryl methyl sites for hydroxylation is 2. The van der Waals surface area contributed by atoms with Gasteiger partial charge in [0, 0.05) is 12.0 Å². The van der Waals surface area contributed by atoms with Gasteiger partial charge in [-0.05, 0) is 85.2 Å². The molecule has 0 spiro atoms. The first-order valence-corrected chi connectivity index (χ1v) is 10.2. The van der Waals surface area contributed by atoms with Crippen LogP contribution in [0, 0.1) is 0 Å². The number of rotatable bonds is 4. The van der Waals surface area contributed by atoms with Crippen LogP contribution in [0.15, 0.2) is 60.7 Å². The van der Waals surface area contributed by atoms with E-state index in [9.17, 15) is 0 Å². The van der Waals surface area contributed by atoms with Crippen LogP contribution < -0.4 is 9.47 Å². The van der Waals surface area contributed by atoms with E-state index in [1.807, 2.05) is 0 Å². The Labute approximate surface area is 167 Å². The first kappa shape index (κ1) is 17.4. The lowest BCUT2D eigenvalue weighted by Crippen LogP contribution is -2.25. The summed E-state index contributed by atoms with van der Waals surface area (Å²) in [5.74, 6) is 1.96. The second-order valence-corrected chi connectivity index (χ2v) is 8.60. The number of benzene rings is 3. The van der Waals surface area contributed by atoms with Gasteiger partial charge in [-0.3, -0.25) is 0 Å². The summed E-state index contributed by atoms with van der Waals surface area (Å²) in [6, 6.07) is 21.6. The fourth-order valence-corrected chi connectivity index (χ4v) is 4.49. The number of ether oxygens (including phenoxy) is 2. The molecular formula is C26H26O2. The highest BCUT2D eigenvalue weighted by molar-refractivity contribution is 5.68. The van der Waals surface area contributed by atoms with E-state index in [2.05, 4.69) is 74.5 Å². The standard InChI is InChI=1S/C26H26O2/c1-26(2)16-22-13-21(18-7-4-3-5-8-18)14-23(25(22)28-26)17-27-24-12-11-19-9-6-10-20(19)15-24/h3-5,7-8,11-15H,6,9-10,16-17H2,1-2H3. The third kappa shape index (κ3) is 3.28. The minimum atomic E-state index is -0.167. The van der Waals surface area contributed by atoms with Crippen molar-refractivity contribution in [2.75, 3.05) is 0 Å². The van der Waals surface area contributed by atoms with Crippen LogP contribution in [0.5, 0.6) is 11.5 Å². The molecule has 5 rings (SSSR count). The molecule has 142 valence electrons. The van der Waals surface area contributed by atoms with Crippen LogP contribution in [0.4, 0.5) is 0 Å². The van der Waals surface area contributed by atoms with Gasteiger partial charge in [-0.15, -0.1) is 0 Å². The zero-order valence-electron chi connectivity index (χ0n) is 16.6. The summed E-state index contributed by atoms with van der Waals surface area (Å²) >= 11 is 0. The van der Waals surface area contributed by atoms with E-state index in [4.69, 9.17) is 9.47 Å². The average molecular weight is 370 g/mol. The minimum absolute atomic E-state index is 0.167. The topological polar surface area (TPSA) is 18.5 Å². The molecular weight excluding hydrogens is 344 g/mol. The summed E-state index contributed by atoms with van der Waals surface area (Å²) in [7, 11) is 0. The maximum atomic E-state index is 6.30. The summed E-state index contributed by atoms with van der Waals surface area (Å²) in [6.45, 7) is 4.83. The van der Waals surface area contributed by atoms with Gasteiger partial charge in [0.05, 0.1) is 0 Å². The molecule has 1 aliphatic carbocycles. The minimum Gasteiger partial charge on any atom is -0.489 e. The maximum Gasteiger partial charge on any atom is 0.130 e. The van der Waals surface area contributed by atoms with Crippen molar-refractivity contribution in [3.05, 3.63) is 82.9 Å². The third-order valence-corrected chi connectivity index (χ3v) is 5.81. The lowest BCUT2D eigenvalue weighted by Gasteiger charge is -2.18. The van der Waals surface area contributed by atoms with Gasteiger partial charge in [-0.1, -0.05) is 36.4 Å². The smallest absolute Gasteiger partial charge is 0.130 e. The Morgan fingerprint density at radius 2 is 1.68 bits per heavy atom. The Balaban J connectivity index is 1.47. The highest BCUT2D eigenvalue weighted by Gasteiger charge is 2.32. The van der Waals surface area contributed by atoms with Crippen LogP contribution in [0.25, 0.3) is 11.1 Å². The molecule has 0 aromatic heterocycles. The van der Waals surface area contributed by atoms with E-state index < -0.39 is 0 Å². The van der Waals surface area contributed by atoms with Crippen molar-refractivity contribution < 1.29 is 9.47 Å². The van der Waals surface area contributed by atoms with E-state index in [0.717, 1.165) is 23.5 Å². The lowest BCUT2D eigenvalue weighted by atomic mass is 9.95. The normalized spacial score (nSPS) is 16.4. The van der Waals surface area contributed by atoms with Crippen LogP contribution >= 0.6 is 0 Å². The number of fused-ring (bicyclic) bond motifs is 2. The molecule has 2 heteroatoms. The zero-order chi connectivity index (χ0) is 19.1. The molecule has 0 bridgehead atoms. The van der Waals surface area contributed by atoms with Crippen molar-refractivity contribution in [1.29, 1.82) is 0 Å². The Kier molecular flexibility index (Phi) is 4.16. The lowest BCUT2D eigenvalue weighted by molar-refractivity contribution is 0.135. The molecule has 0 unspecified atom stereocenters. The van der Waals surface area contributed by atoms with Gasteiger partial charge in [0.2, 0.25) is 0 Å². The van der Waals surface area contributed by atoms with Gasteiger partial charge in [-0.2, -0.15) is 0 Å². The number of hydrogen-bond donors (Lipinski definition) is 0. The second kappa shape index (κ2) is 6.70. The monoisotopic (exact) mass is 370 g/mol. The Hall–Kier alpha value is -2.74. The summed E-state index contributed by atoms with van der Waals surface area (Å²) in [4.78, 5) is 0. The van der Waals surface area contributed by atoms with E-state index in [-0.39, 0.29) is 5.60 Å². The molecule has 1 heterocycles. The molecule has 3 aromatic carbocycles. The molecule has 2 aliphatic rings. The fraction of sp³-hybridized carbons (Fsp3) is 0.308. The van der Waals surface area contributed by atoms with Gasteiger partial charge in [0.15, 0.2) is 0 Å². The molecule has 0 N–H and O–H groups in total. The largest absolute Gasteiger partial charge is 0.489 e. The Bertz CT molecular complexity index is 1020. The molecule has 0 saturated heterocycles. The van der Waals surface area contributed by atoms with Crippen molar-refractivity contribution in [3.8, 4) is 22.6 Å². The number of hydrogen-bond acceptors (Lipinski definition) is 2. The van der Waals surface area contributed by atoms with Crippen molar-refractivity contribution in [2.24, 2.45) is 0 Å². The molecule has 0 amide bonds. The first-order valence-electron chi connectivity index (χ1n) is 10.2. The molecule has 0 fully saturated rings. The van der Waals surface area contributed by atoms with Crippen molar-refractivity contribution in [3.63, 3.8) is 0 Å². The van der Waals surface area contributed by atoms with Crippen LogP contribution in [-0.2, 0) is 25.9 Å². The van der Waals surface area contributed by atoms with Crippen molar-refractivity contribution in [2.45, 2.75) is 51.7 Å². The fourth-order valence-electron chi connectivity index (χ4n) is 4.49. The average Bonchev–Trinajstić information content (AvgIpc) is 3.28. The summed E-state index contributed by atoms with van der Waals surface area (Å²) in [6.07, 6.45) is 4.55. The molecule has 3 aromatic rings. The van der Waals surface area contributed by atoms with Crippen LogP contribution in [0.3, 0.4) is 0 Å². The molecule has 1 aliphatic heterocycles. The van der Waals surface area contributed by atoms with Gasteiger partial charge < -0.3 is 9.47 Å². The van der Waals surface area contributed by atoms with Gasteiger partial charge in [0.25, 0.3) is 0 Å². The third-order valence-electron chi connectivity index (χ3n) is 5.81. The summed E-state index contributed by atoms with van der Waals surface area (Å²) in [5.41, 5.74) is 7.62. The second-order valence-electron chi connectivity index (χ2n) is 8.60. The Morgan fingerprint density at radius 3 is 2.54 bits per heavy atom. The Morgan fingerprint density at radius 1 is 0.857 bits per heavy atom. The molecule has 0 atom stereocenters. The maximum absolute atomic E-state index is 6.30. The molecule has 28 heavy (non-hydrogen) atoms. The SMILES string of the molecule is CC1(C)Cc2cc(-c3ccccc3)cc(COc3ccc4c(c3)CCC4)c2O1. The van der Waals surface area contributed by atoms with Gasteiger partial charge in [-0.25, -0.2) is 0 Å². The van der Waals surface area contributed by atoms with Crippen LogP contribution in [0.2, 0.25) is 0 Å².